The molecule has 0 unspecified atom stereocenters. The van der Waals surface area contributed by atoms with Gasteiger partial charge in [-0.05, 0) is 33.5 Å². The molecule has 0 aliphatic rings. The number of likely N-dealkylation sites (N-methyl/N-ethyl adjacent to an activating group) is 1. The van der Waals surface area contributed by atoms with Gasteiger partial charge < -0.3 is 9.88 Å². The second-order valence-electron chi connectivity index (χ2n) is 5.67. The fraction of sp³-hybridized carbons (Fsp3) is 0.412. The molecule has 0 saturated carbocycles. The summed E-state index contributed by atoms with van der Waals surface area (Å²) in [6.45, 7) is 5.44. The van der Waals surface area contributed by atoms with Gasteiger partial charge in [-0.3, -0.25) is 9.69 Å². The van der Waals surface area contributed by atoms with Crippen molar-refractivity contribution in [1.82, 2.24) is 19.8 Å². The Morgan fingerprint density at radius 1 is 1.32 bits per heavy atom. The number of imidazole rings is 1. The second-order valence-corrected chi connectivity index (χ2v) is 5.67. The van der Waals surface area contributed by atoms with Crippen LogP contribution in [-0.4, -0.2) is 34.5 Å². The van der Waals surface area contributed by atoms with Crippen LogP contribution < -0.4 is 5.32 Å². The number of rotatable bonds is 6. The van der Waals surface area contributed by atoms with E-state index in [-0.39, 0.29) is 11.9 Å². The van der Waals surface area contributed by atoms with E-state index in [1.165, 1.54) is 5.56 Å². The van der Waals surface area contributed by atoms with Crippen molar-refractivity contribution in [2.24, 2.45) is 0 Å². The maximum Gasteiger partial charge on any atom is 0.242 e. The molecular formula is C17H24N4O. The summed E-state index contributed by atoms with van der Waals surface area (Å²) in [6.07, 6.45) is 3.57. The van der Waals surface area contributed by atoms with Gasteiger partial charge in [0.2, 0.25) is 5.91 Å². The molecule has 1 amide bonds. The van der Waals surface area contributed by atoms with Gasteiger partial charge in [0.05, 0.1) is 18.6 Å². The third-order valence-electron chi connectivity index (χ3n) is 3.74. The Balaban J connectivity index is 2.09. The Morgan fingerprint density at radius 3 is 2.59 bits per heavy atom. The molecule has 1 aromatic carbocycles. The van der Waals surface area contributed by atoms with Crippen LogP contribution in [0.1, 0.15) is 29.8 Å². The van der Waals surface area contributed by atoms with Crippen LogP contribution in [-0.2, 0) is 17.9 Å². The number of aryl methyl sites for hydroxylation is 2. The molecule has 0 spiro atoms. The first-order valence-corrected chi connectivity index (χ1v) is 7.52. The van der Waals surface area contributed by atoms with Gasteiger partial charge in [0.25, 0.3) is 0 Å². The van der Waals surface area contributed by atoms with Crippen LogP contribution in [0.2, 0.25) is 0 Å². The molecule has 5 heteroatoms. The lowest BCUT2D eigenvalue weighted by molar-refractivity contribution is -0.126. The van der Waals surface area contributed by atoms with E-state index in [2.05, 4.69) is 17.2 Å². The molecule has 1 heterocycles. The molecule has 0 saturated heterocycles. The van der Waals surface area contributed by atoms with Gasteiger partial charge in [-0.1, -0.05) is 29.8 Å². The molecular weight excluding hydrogens is 276 g/mol. The zero-order valence-corrected chi connectivity index (χ0v) is 13.7. The average Bonchev–Trinajstić information content (AvgIpc) is 2.94. The highest BCUT2D eigenvalue weighted by Crippen LogP contribution is 2.19. The zero-order chi connectivity index (χ0) is 16.1. The van der Waals surface area contributed by atoms with Crippen LogP contribution >= 0.6 is 0 Å². The van der Waals surface area contributed by atoms with E-state index < -0.39 is 0 Å². The van der Waals surface area contributed by atoms with Gasteiger partial charge in [0, 0.05) is 12.7 Å². The first-order chi connectivity index (χ1) is 10.5. The van der Waals surface area contributed by atoms with Crippen LogP contribution in [0.25, 0.3) is 0 Å². The van der Waals surface area contributed by atoms with Gasteiger partial charge in [-0.15, -0.1) is 0 Å². The third-order valence-corrected chi connectivity index (χ3v) is 3.74. The summed E-state index contributed by atoms with van der Waals surface area (Å²) in [5.41, 5.74) is 3.20. The molecule has 2 rings (SSSR count). The number of aromatic nitrogens is 2. The van der Waals surface area contributed by atoms with E-state index in [9.17, 15) is 4.79 Å². The molecule has 0 fully saturated rings. The molecule has 0 bridgehead atoms. The number of nitrogens with zero attached hydrogens (tertiary/aromatic N) is 3. The van der Waals surface area contributed by atoms with Crippen molar-refractivity contribution in [3.63, 3.8) is 0 Å². The predicted octanol–water partition coefficient (Wildman–Crippen LogP) is 2.13. The molecule has 5 nitrogen and oxygen atoms in total. The normalized spacial score (nSPS) is 12.4. The minimum Gasteiger partial charge on any atom is -0.349 e. The Morgan fingerprint density at radius 2 is 2.00 bits per heavy atom. The highest BCUT2D eigenvalue weighted by Gasteiger charge is 2.22. The Bertz CT molecular complexity index is 616. The topological polar surface area (TPSA) is 50.2 Å². The van der Waals surface area contributed by atoms with Crippen LogP contribution in [0.5, 0.6) is 0 Å². The van der Waals surface area contributed by atoms with Crippen LogP contribution in [0.3, 0.4) is 0 Å². The summed E-state index contributed by atoms with van der Waals surface area (Å²) in [5, 5.41) is 3.01. The third kappa shape index (κ3) is 3.74. The summed E-state index contributed by atoms with van der Waals surface area (Å²) in [5.74, 6) is -0.00212. The predicted molar refractivity (Wildman–Crippen MR) is 87.4 cm³/mol. The number of benzene rings is 1. The van der Waals surface area contributed by atoms with E-state index in [4.69, 9.17) is 0 Å². The van der Waals surface area contributed by atoms with Crippen LogP contribution in [0, 0.1) is 6.92 Å². The number of amides is 1. The summed E-state index contributed by atoms with van der Waals surface area (Å²) in [4.78, 5) is 18.6. The Hall–Kier alpha value is -2.14. The van der Waals surface area contributed by atoms with Crippen LogP contribution in [0.15, 0.2) is 36.8 Å². The molecule has 2 aromatic rings. The first-order valence-electron chi connectivity index (χ1n) is 7.52. The van der Waals surface area contributed by atoms with Gasteiger partial charge >= 0.3 is 0 Å². The lowest BCUT2D eigenvalue weighted by atomic mass is 10.0. The highest BCUT2D eigenvalue weighted by atomic mass is 16.2. The fourth-order valence-corrected chi connectivity index (χ4v) is 2.49. The zero-order valence-electron chi connectivity index (χ0n) is 13.7. The van der Waals surface area contributed by atoms with Crippen molar-refractivity contribution in [3.05, 3.63) is 53.6 Å². The summed E-state index contributed by atoms with van der Waals surface area (Å²) in [6, 6.07) is 7.79. The number of hydrogen-bond donors (Lipinski definition) is 1. The fourth-order valence-electron chi connectivity index (χ4n) is 2.49. The van der Waals surface area contributed by atoms with E-state index >= 15 is 0 Å². The van der Waals surface area contributed by atoms with Crippen molar-refractivity contribution in [1.29, 1.82) is 0 Å². The molecule has 0 aliphatic carbocycles. The monoisotopic (exact) mass is 300 g/mol. The molecule has 22 heavy (non-hydrogen) atoms. The van der Waals surface area contributed by atoms with Crippen molar-refractivity contribution >= 4 is 5.91 Å². The maximum absolute atomic E-state index is 12.6. The molecule has 1 atom stereocenters. The van der Waals surface area contributed by atoms with Gasteiger partial charge in [0.1, 0.15) is 6.04 Å². The molecule has 1 N–H and O–H groups in total. The lowest BCUT2D eigenvalue weighted by Crippen LogP contribution is -2.37. The number of hydrogen-bond acceptors (Lipinski definition) is 3. The number of carbonyl (C=O) groups is 1. The Labute approximate surface area is 132 Å². The number of nitrogens with one attached hydrogen (secondary N) is 1. The van der Waals surface area contributed by atoms with Gasteiger partial charge in [0.15, 0.2) is 0 Å². The maximum atomic E-state index is 12.6. The largest absolute Gasteiger partial charge is 0.349 e. The Kier molecular flexibility index (Phi) is 5.33. The molecule has 118 valence electrons. The second kappa shape index (κ2) is 7.22. The quantitative estimate of drug-likeness (QED) is 0.889. The minimum atomic E-state index is -0.293. The van der Waals surface area contributed by atoms with Crippen LogP contribution in [0.4, 0.5) is 0 Å². The summed E-state index contributed by atoms with van der Waals surface area (Å²) in [7, 11) is 3.83. The van der Waals surface area contributed by atoms with Crippen molar-refractivity contribution < 1.29 is 4.79 Å². The van der Waals surface area contributed by atoms with E-state index in [1.807, 2.05) is 54.8 Å². The van der Waals surface area contributed by atoms with E-state index in [0.717, 1.165) is 17.8 Å². The van der Waals surface area contributed by atoms with E-state index in [0.29, 0.717) is 6.54 Å². The first kappa shape index (κ1) is 16.2. The lowest BCUT2D eigenvalue weighted by Gasteiger charge is -2.24. The molecule has 0 radical (unpaired) electrons. The smallest absolute Gasteiger partial charge is 0.242 e. The number of carbonyl (C=O) groups excluding carboxylic acids is 1. The molecule has 1 aromatic heterocycles. The standard InChI is InChI=1S/C17H24N4O/c1-5-21-12-18-10-15(21)11-19-17(22)16(20(3)4)14-8-6-13(2)7-9-14/h6-10,12,16H,5,11H2,1-4H3,(H,19,22)/t16-/m0/s1. The SMILES string of the molecule is CCn1cncc1CNC(=O)[C@H](c1ccc(C)cc1)N(C)C. The van der Waals surface area contributed by atoms with Crippen molar-refractivity contribution in [3.8, 4) is 0 Å². The average molecular weight is 300 g/mol. The summed E-state index contributed by atoms with van der Waals surface area (Å²) >= 11 is 0. The van der Waals surface area contributed by atoms with Gasteiger partial charge in [-0.2, -0.15) is 0 Å². The van der Waals surface area contributed by atoms with Gasteiger partial charge in [-0.25, -0.2) is 4.98 Å². The molecule has 0 aliphatic heterocycles. The van der Waals surface area contributed by atoms with E-state index in [1.54, 1.807) is 12.5 Å². The van der Waals surface area contributed by atoms with Crippen molar-refractivity contribution in [2.45, 2.75) is 33.0 Å². The van der Waals surface area contributed by atoms with Crippen molar-refractivity contribution in [2.75, 3.05) is 14.1 Å². The summed E-state index contributed by atoms with van der Waals surface area (Å²) < 4.78 is 2.02. The minimum absolute atomic E-state index is 0.00212. The highest BCUT2D eigenvalue weighted by molar-refractivity contribution is 5.83.